The highest BCUT2D eigenvalue weighted by Gasteiger charge is 2.59. The van der Waals surface area contributed by atoms with Gasteiger partial charge in [0.25, 0.3) is 10.1 Å². The van der Waals surface area contributed by atoms with E-state index in [9.17, 15) is 23.1 Å². The van der Waals surface area contributed by atoms with Gasteiger partial charge in [0.1, 0.15) is 11.0 Å². The van der Waals surface area contributed by atoms with Crippen LogP contribution in [-0.2, 0) is 28.6 Å². The lowest BCUT2D eigenvalue weighted by Crippen LogP contribution is -2.45. The summed E-state index contributed by atoms with van der Waals surface area (Å²) in [7, 11) is -3.73. The van der Waals surface area contributed by atoms with Crippen molar-refractivity contribution in [2.45, 2.75) is 45.8 Å². The smallest absolute Gasteiger partial charge is 0.315 e. The molecule has 1 aliphatic rings. The van der Waals surface area contributed by atoms with Gasteiger partial charge in [-0.2, -0.15) is 8.42 Å². The van der Waals surface area contributed by atoms with Crippen LogP contribution >= 0.6 is 0 Å². The van der Waals surface area contributed by atoms with Crippen molar-refractivity contribution in [1.82, 2.24) is 4.90 Å². The summed E-state index contributed by atoms with van der Waals surface area (Å²) in [5.74, 6) is -2.08. The van der Waals surface area contributed by atoms with Gasteiger partial charge in [0, 0.05) is 6.54 Å². The molecule has 8 nitrogen and oxygen atoms in total. The molecule has 9 heteroatoms. The minimum atomic E-state index is -3.73. The summed E-state index contributed by atoms with van der Waals surface area (Å²) in [5.41, 5.74) is -1.36. The predicted octanol–water partition coefficient (Wildman–Crippen LogP) is 1.89. The van der Waals surface area contributed by atoms with E-state index in [2.05, 4.69) is 0 Å². The Labute approximate surface area is 178 Å². The number of ether oxygens (including phenoxy) is 1. The van der Waals surface area contributed by atoms with Crippen molar-refractivity contribution < 1.29 is 32.0 Å². The summed E-state index contributed by atoms with van der Waals surface area (Å²) >= 11 is 0. The van der Waals surface area contributed by atoms with E-state index in [4.69, 9.17) is 8.92 Å². The van der Waals surface area contributed by atoms with Crippen LogP contribution < -0.4 is 0 Å². The first kappa shape index (κ1) is 24.3. The van der Waals surface area contributed by atoms with E-state index < -0.39 is 39.6 Å². The molecule has 1 fully saturated rings. The van der Waals surface area contributed by atoms with Crippen molar-refractivity contribution in [3.8, 4) is 0 Å². The predicted molar refractivity (Wildman–Crippen MR) is 111 cm³/mol. The monoisotopic (exact) mass is 441 g/mol. The van der Waals surface area contributed by atoms with Crippen LogP contribution in [-0.4, -0.2) is 61.9 Å². The van der Waals surface area contributed by atoms with Gasteiger partial charge in [-0.15, -0.1) is 0 Å². The normalized spacial score (nSPS) is 23.5. The number of esters is 1. The van der Waals surface area contributed by atoms with Crippen molar-refractivity contribution in [3.05, 3.63) is 35.9 Å². The molecule has 0 bridgehead atoms. The molecule has 1 N–H and O–H groups in total. The maximum atomic E-state index is 13.2. The van der Waals surface area contributed by atoms with E-state index >= 15 is 0 Å². The van der Waals surface area contributed by atoms with Crippen LogP contribution in [0.2, 0.25) is 0 Å². The van der Waals surface area contributed by atoms with Crippen LogP contribution in [0.3, 0.4) is 0 Å². The van der Waals surface area contributed by atoms with Crippen LogP contribution in [0, 0.1) is 11.3 Å². The molecule has 0 aromatic heterocycles. The Morgan fingerprint density at radius 2 is 1.90 bits per heavy atom. The highest BCUT2D eigenvalue weighted by Crippen LogP contribution is 2.45. The van der Waals surface area contributed by atoms with Gasteiger partial charge >= 0.3 is 5.97 Å². The highest BCUT2D eigenvalue weighted by atomic mass is 32.2. The summed E-state index contributed by atoms with van der Waals surface area (Å²) in [6.07, 6.45) is 0.838. The van der Waals surface area contributed by atoms with Crippen LogP contribution in [0.15, 0.2) is 30.3 Å². The molecule has 1 amide bonds. The first-order valence-corrected chi connectivity index (χ1v) is 11.7. The lowest BCUT2D eigenvalue weighted by Gasteiger charge is -2.34. The van der Waals surface area contributed by atoms with Gasteiger partial charge in [-0.25, -0.2) is 0 Å². The van der Waals surface area contributed by atoms with Crippen molar-refractivity contribution in [2.24, 2.45) is 11.3 Å². The maximum Gasteiger partial charge on any atom is 0.315 e. The van der Waals surface area contributed by atoms with Gasteiger partial charge in [0.05, 0.1) is 31.4 Å². The summed E-state index contributed by atoms with van der Waals surface area (Å²) in [6, 6.07) is 9.01. The summed E-state index contributed by atoms with van der Waals surface area (Å²) in [4.78, 5) is 28.0. The number of likely N-dealkylation sites (tertiary alicyclic amines) is 1. The molecule has 0 saturated carbocycles. The SMILES string of the molecule is C[C@H](c1ccccc1)N1C[C@@](CCOS(C)(=O)=O)(C(=O)OC(C)(C)C)[C@H](CO)C1=O. The molecule has 0 spiro atoms. The summed E-state index contributed by atoms with van der Waals surface area (Å²) in [5, 5.41) is 10.0. The minimum Gasteiger partial charge on any atom is -0.459 e. The minimum absolute atomic E-state index is 0.00481. The van der Waals surface area contributed by atoms with Gasteiger partial charge in [-0.3, -0.25) is 13.8 Å². The largest absolute Gasteiger partial charge is 0.459 e. The quantitative estimate of drug-likeness (QED) is 0.484. The Bertz CT molecular complexity index is 863. The van der Waals surface area contributed by atoms with E-state index in [1.54, 1.807) is 25.7 Å². The second-order valence-corrected chi connectivity index (χ2v) is 10.4. The van der Waals surface area contributed by atoms with Crippen LogP contribution in [0.5, 0.6) is 0 Å². The van der Waals surface area contributed by atoms with Gasteiger partial charge in [-0.1, -0.05) is 30.3 Å². The fraction of sp³-hybridized carbons (Fsp3) is 0.619. The number of aliphatic hydroxyl groups is 1. The molecule has 0 aliphatic carbocycles. The average Bonchev–Trinajstić information content (AvgIpc) is 2.92. The Hall–Kier alpha value is -1.97. The zero-order chi connectivity index (χ0) is 22.7. The topological polar surface area (TPSA) is 110 Å². The molecule has 0 unspecified atom stereocenters. The van der Waals surface area contributed by atoms with Crippen LogP contribution in [0.25, 0.3) is 0 Å². The Kier molecular flexibility index (Phi) is 7.32. The molecule has 1 saturated heterocycles. The second kappa shape index (κ2) is 9.03. The lowest BCUT2D eigenvalue weighted by molar-refractivity contribution is -0.172. The van der Waals surface area contributed by atoms with E-state index in [0.29, 0.717) is 0 Å². The Balaban J connectivity index is 2.42. The lowest BCUT2D eigenvalue weighted by atomic mass is 9.75. The maximum absolute atomic E-state index is 13.2. The first-order chi connectivity index (χ1) is 13.8. The van der Waals surface area contributed by atoms with Gasteiger partial charge < -0.3 is 14.7 Å². The number of hydrogen-bond donors (Lipinski definition) is 1. The molecule has 1 aliphatic heterocycles. The molecular formula is C21H31NO7S. The van der Waals surface area contributed by atoms with Crippen molar-refractivity contribution in [2.75, 3.05) is 26.0 Å². The number of nitrogens with zero attached hydrogens (tertiary/aromatic N) is 1. The van der Waals surface area contributed by atoms with Gasteiger partial charge in [0.2, 0.25) is 5.91 Å². The van der Waals surface area contributed by atoms with Crippen molar-refractivity contribution in [1.29, 1.82) is 0 Å². The molecule has 2 rings (SSSR count). The van der Waals surface area contributed by atoms with E-state index in [-0.39, 0.29) is 31.5 Å². The summed E-state index contributed by atoms with van der Waals surface area (Å²) in [6.45, 7) is 6.11. The molecule has 3 atom stereocenters. The third kappa shape index (κ3) is 5.59. The third-order valence-electron chi connectivity index (χ3n) is 5.28. The zero-order valence-electron chi connectivity index (χ0n) is 18.1. The number of aliphatic hydroxyl groups excluding tert-OH is 1. The average molecular weight is 442 g/mol. The number of hydrogen-bond acceptors (Lipinski definition) is 7. The molecule has 1 aromatic rings. The van der Waals surface area contributed by atoms with Gasteiger partial charge in [-0.05, 0) is 39.7 Å². The van der Waals surface area contributed by atoms with Gasteiger partial charge in [0.15, 0.2) is 0 Å². The van der Waals surface area contributed by atoms with E-state index in [0.717, 1.165) is 11.8 Å². The Morgan fingerprint density at radius 1 is 1.30 bits per heavy atom. The second-order valence-electron chi connectivity index (χ2n) is 8.72. The van der Waals surface area contributed by atoms with Crippen molar-refractivity contribution in [3.63, 3.8) is 0 Å². The number of rotatable bonds is 8. The molecular weight excluding hydrogens is 410 g/mol. The third-order valence-corrected chi connectivity index (χ3v) is 5.88. The molecule has 0 radical (unpaired) electrons. The standard InChI is InChI=1S/C21H31NO7S/c1-15(16-9-7-6-8-10-16)22-14-21(17(13-23)18(22)24,11-12-28-30(5,26)27)19(25)29-20(2,3)4/h6-10,15,17,23H,11-14H2,1-5H3/t15-,17-,21-/m1/s1. The number of amides is 1. The fourth-order valence-corrected chi connectivity index (χ4v) is 4.12. The fourth-order valence-electron chi connectivity index (χ4n) is 3.74. The van der Waals surface area contributed by atoms with Crippen LogP contribution in [0.1, 0.15) is 45.7 Å². The number of benzene rings is 1. The van der Waals surface area contributed by atoms with Crippen LogP contribution in [0.4, 0.5) is 0 Å². The molecule has 1 aromatic carbocycles. The van der Waals surface area contributed by atoms with Crippen molar-refractivity contribution >= 4 is 22.0 Å². The van der Waals surface area contributed by atoms with E-state index in [1.807, 2.05) is 37.3 Å². The number of carbonyl (C=O) groups is 2. The number of carbonyl (C=O) groups excluding carboxylic acids is 2. The molecule has 30 heavy (non-hydrogen) atoms. The summed E-state index contributed by atoms with van der Waals surface area (Å²) < 4.78 is 33.3. The zero-order valence-corrected chi connectivity index (χ0v) is 18.9. The van der Waals surface area contributed by atoms with E-state index in [1.165, 1.54) is 0 Å². The molecule has 168 valence electrons. The highest BCUT2D eigenvalue weighted by molar-refractivity contribution is 7.85. The first-order valence-electron chi connectivity index (χ1n) is 9.85. The Morgan fingerprint density at radius 3 is 2.40 bits per heavy atom. The molecule has 1 heterocycles.